The first-order valence-electron chi connectivity index (χ1n) is 5.89. The molecule has 1 aromatic carbocycles. The van der Waals surface area contributed by atoms with Gasteiger partial charge in [0.2, 0.25) is 0 Å². The lowest BCUT2D eigenvalue weighted by Crippen LogP contribution is -2.09. The molecule has 3 N–H and O–H groups in total. The molecule has 2 fully saturated rings. The van der Waals surface area contributed by atoms with Gasteiger partial charge in [0, 0.05) is 6.04 Å². The summed E-state index contributed by atoms with van der Waals surface area (Å²) in [5.74, 6) is -0.329. The lowest BCUT2D eigenvalue weighted by Gasteiger charge is -2.10. The highest BCUT2D eigenvalue weighted by molar-refractivity contribution is 5.92. The summed E-state index contributed by atoms with van der Waals surface area (Å²) in [7, 11) is 1.38. The van der Waals surface area contributed by atoms with Gasteiger partial charge in [-0.15, -0.1) is 0 Å². The molecule has 1 atom stereocenters. The van der Waals surface area contributed by atoms with Crippen molar-refractivity contribution in [1.29, 1.82) is 0 Å². The predicted octanol–water partition coefficient (Wildman–Crippen LogP) is 2.02. The van der Waals surface area contributed by atoms with Crippen molar-refractivity contribution in [2.75, 3.05) is 18.2 Å². The fourth-order valence-corrected chi connectivity index (χ4v) is 2.38. The van der Waals surface area contributed by atoms with Crippen LogP contribution in [-0.2, 0) is 4.74 Å². The van der Waals surface area contributed by atoms with E-state index in [0.717, 1.165) is 5.69 Å². The topological polar surface area (TPSA) is 64.3 Å². The van der Waals surface area contributed by atoms with Crippen LogP contribution in [0.5, 0.6) is 0 Å². The Hall–Kier alpha value is -1.71. The average Bonchev–Trinajstić information content (AvgIpc) is 3.23. The summed E-state index contributed by atoms with van der Waals surface area (Å²) in [5, 5.41) is 3.42. The zero-order valence-corrected chi connectivity index (χ0v) is 9.82. The smallest absolute Gasteiger partial charge is 0.337 e. The minimum Gasteiger partial charge on any atom is -0.465 e. The second-order valence-electron chi connectivity index (χ2n) is 5.06. The summed E-state index contributed by atoms with van der Waals surface area (Å²) in [6.45, 7) is 0. The maximum absolute atomic E-state index is 11.4. The molecule has 2 saturated carbocycles. The van der Waals surface area contributed by atoms with Gasteiger partial charge in [0.25, 0.3) is 0 Å². The molecule has 1 aromatic rings. The van der Waals surface area contributed by atoms with E-state index in [-0.39, 0.29) is 5.97 Å². The first-order valence-corrected chi connectivity index (χ1v) is 5.89. The van der Waals surface area contributed by atoms with Crippen LogP contribution in [0.1, 0.15) is 29.6 Å². The molecule has 3 rings (SSSR count). The van der Waals surface area contributed by atoms with E-state index in [9.17, 15) is 4.79 Å². The summed E-state index contributed by atoms with van der Waals surface area (Å²) < 4.78 is 4.70. The minimum absolute atomic E-state index is 0.329. The summed E-state index contributed by atoms with van der Waals surface area (Å²) in [6.07, 6.45) is 3.87. The second-order valence-corrected chi connectivity index (χ2v) is 5.06. The van der Waals surface area contributed by atoms with E-state index < -0.39 is 0 Å². The molecule has 0 radical (unpaired) electrons. The Morgan fingerprint density at radius 1 is 1.53 bits per heavy atom. The molecule has 0 aromatic heterocycles. The van der Waals surface area contributed by atoms with Crippen molar-refractivity contribution in [1.82, 2.24) is 0 Å². The van der Waals surface area contributed by atoms with Gasteiger partial charge in [-0.1, -0.05) is 0 Å². The van der Waals surface area contributed by atoms with Crippen molar-refractivity contribution in [2.24, 2.45) is 5.41 Å². The standard InChI is InChI=1S/C13H16N2O2/c1-17-12(16)8-2-3-9(14)10(6-8)15-11-7-13(11)4-5-13/h2-3,6,11,15H,4-5,7,14H2,1H3. The van der Waals surface area contributed by atoms with Crippen LogP contribution in [-0.4, -0.2) is 19.1 Å². The number of hydrogen-bond acceptors (Lipinski definition) is 4. The number of methoxy groups -OCH3 is 1. The van der Waals surface area contributed by atoms with E-state index in [1.54, 1.807) is 18.2 Å². The van der Waals surface area contributed by atoms with Crippen molar-refractivity contribution in [3.8, 4) is 0 Å². The van der Waals surface area contributed by atoms with E-state index >= 15 is 0 Å². The number of benzene rings is 1. The first-order chi connectivity index (χ1) is 8.14. The van der Waals surface area contributed by atoms with Crippen LogP contribution in [0.3, 0.4) is 0 Å². The van der Waals surface area contributed by atoms with Crippen LogP contribution in [0.25, 0.3) is 0 Å². The molecule has 1 spiro atoms. The number of nitrogens with one attached hydrogen (secondary N) is 1. The lowest BCUT2D eigenvalue weighted by molar-refractivity contribution is 0.0601. The van der Waals surface area contributed by atoms with Crippen LogP contribution in [0.4, 0.5) is 11.4 Å². The van der Waals surface area contributed by atoms with E-state index in [0.29, 0.717) is 22.7 Å². The predicted molar refractivity (Wildman–Crippen MR) is 65.9 cm³/mol. The molecule has 1 unspecified atom stereocenters. The number of hydrogen-bond donors (Lipinski definition) is 2. The number of anilines is 2. The zero-order valence-electron chi connectivity index (χ0n) is 9.82. The maximum Gasteiger partial charge on any atom is 0.337 e. The van der Waals surface area contributed by atoms with Crippen molar-refractivity contribution >= 4 is 17.3 Å². The quantitative estimate of drug-likeness (QED) is 0.618. The van der Waals surface area contributed by atoms with Gasteiger partial charge in [0.05, 0.1) is 24.0 Å². The van der Waals surface area contributed by atoms with E-state index in [1.807, 2.05) is 0 Å². The van der Waals surface area contributed by atoms with Crippen molar-refractivity contribution in [3.05, 3.63) is 23.8 Å². The molecule has 90 valence electrons. The number of nitrogen functional groups attached to an aromatic ring is 1. The van der Waals surface area contributed by atoms with E-state index in [4.69, 9.17) is 10.5 Å². The molecule has 4 nitrogen and oxygen atoms in total. The highest BCUT2D eigenvalue weighted by Gasteiger charge is 2.62. The normalized spacial score (nSPS) is 23.2. The zero-order chi connectivity index (χ0) is 12.0. The number of esters is 1. The molecule has 2 aliphatic rings. The molecule has 0 heterocycles. The third-order valence-electron chi connectivity index (χ3n) is 3.89. The number of rotatable bonds is 3. The van der Waals surface area contributed by atoms with Gasteiger partial charge in [-0.05, 0) is 42.9 Å². The van der Waals surface area contributed by atoms with Gasteiger partial charge in [0.15, 0.2) is 0 Å². The summed E-state index contributed by atoms with van der Waals surface area (Å²) in [5.41, 5.74) is 8.53. The van der Waals surface area contributed by atoms with Gasteiger partial charge in [-0.3, -0.25) is 0 Å². The molecule has 17 heavy (non-hydrogen) atoms. The average molecular weight is 232 g/mol. The molecule has 2 aliphatic carbocycles. The van der Waals surface area contributed by atoms with Gasteiger partial charge >= 0.3 is 5.97 Å². The van der Waals surface area contributed by atoms with E-state index in [2.05, 4.69) is 5.32 Å². The maximum atomic E-state index is 11.4. The third kappa shape index (κ3) is 1.73. The Morgan fingerprint density at radius 3 is 2.88 bits per heavy atom. The van der Waals surface area contributed by atoms with Gasteiger partial charge in [0.1, 0.15) is 0 Å². The molecule has 0 aliphatic heterocycles. The Labute approximate surface area is 100 Å². The highest BCUT2D eigenvalue weighted by Crippen LogP contribution is 2.66. The summed E-state index contributed by atoms with van der Waals surface area (Å²) in [4.78, 5) is 11.4. The minimum atomic E-state index is -0.329. The van der Waals surface area contributed by atoms with Crippen LogP contribution >= 0.6 is 0 Å². The first kappa shape index (κ1) is 10.4. The van der Waals surface area contributed by atoms with Crippen LogP contribution < -0.4 is 11.1 Å². The molecular formula is C13H16N2O2. The fourth-order valence-electron chi connectivity index (χ4n) is 2.38. The van der Waals surface area contributed by atoms with Gasteiger partial charge in [-0.25, -0.2) is 4.79 Å². The van der Waals surface area contributed by atoms with Crippen molar-refractivity contribution in [3.63, 3.8) is 0 Å². The highest BCUT2D eigenvalue weighted by atomic mass is 16.5. The molecule has 4 heteroatoms. The third-order valence-corrected chi connectivity index (χ3v) is 3.89. The Morgan fingerprint density at radius 2 is 2.29 bits per heavy atom. The summed E-state index contributed by atoms with van der Waals surface area (Å²) >= 11 is 0. The second kappa shape index (κ2) is 3.39. The summed E-state index contributed by atoms with van der Waals surface area (Å²) in [6, 6.07) is 5.75. The van der Waals surface area contributed by atoms with Crippen LogP contribution in [0, 0.1) is 5.41 Å². The van der Waals surface area contributed by atoms with Crippen molar-refractivity contribution in [2.45, 2.75) is 25.3 Å². The Balaban J connectivity index is 1.79. The van der Waals surface area contributed by atoms with Crippen LogP contribution in [0.2, 0.25) is 0 Å². The van der Waals surface area contributed by atoms with Crippen LogP contribution in [0.15, 0.2) is 18.2 Å². The van der Waals surface area contributed by atoms with E-state index in [1.165, 1.54) is 26.4 Å². The number of nitrogens with two attached hydrogens (primary N) is 1. The SMILES string of the molecule is COC(=O)c1ccc(N)c(NC2CC23CC3)c1. The molecule has 0 amide bonds. The van der Waals surface area contributed by atoms with Gasteiger partial charge in [-0.2, -0.15) is 0 Å². The molecular weight excluding hydrogens is 216 g/mol. The Kier molecular flexibility index (Phi) is 2.08. The number of carbonyl (C=O) groups is 1. The number of carbonyl (C=O) groups excluding carboxylic acids is 1. The largest absolute Gasteiger partial charge is 0.465 e. The monoisotopic (exact) mass is 232 g/mol. The van der Waals surface area contributed by atoms with Crippen molar-refractivity contribution < 1.29 is 9.53 Å². The Bertz CT molecular complexity index is 480. The molecule has 0 saturated heterocycles. The fraction of sp³-hybridized carbons (Fsp3) is 0.462. The lowest BCUT2D eigenvalue weighted by atomic mass is 10.1. The molecule has 0 bridgehead atoms. The van der Waals surface area contributed by atoms with Gasteiger partial charge < -0.3 is 15.8 Å². The number of ether oxygens (including phenoxy) is 1.